The van der Waals surface area contributed by atoms with E-state index in [9.17, 15) is 0 Å². The molecule has 108 valence electrons. The highest BCUT2D eigenvalue weighted by atomic mass is 35.5. The SMILES string of the molecule is CCCCCCCCCC(N)c1cc(Cl)cc(Cl)c1. The normalized spacial score (nSPS) is 12.6. The molecule has 0 saturated carbocycles. The fourth-order valence-electron chi connectivity index (χ4n) is 2.28. The fraction of sp³-hybridized carbons (Fsp3) is 0.625. The van der Waals surface area contributed by atoms with Crippen LogP contribution < -0.4 is 5.73 Å². The predicted molar refractivity (Wildman–Crippen MR) is 86.0 cm³/mol. The third-order valence-corrected chi connectivity index (χ3v) is 3.87. The largest absolute Gasteiger partial charge is 0.324 e. The van der Waals surface area contributed by atoms with Gasteiger partial charge in [0.15, 0.2) is 0 Å². The standard InChI is InChI=1S/C16H25Cl2N/c1-2-3-4-5-6-7-8-9-16(19)13-10-14(17)12-15(18)11-13/h10-12,16H,2-9,19H2,1H3. The topological polar surface area (TPSA) is 26.0 Å². The first-order valence-corrected chi connectivity index (χ1v) is 8.10. The minimum Gasteiger partial charge on any atom is -0.324 e. The Hall–Kier alpha value is -0.240. The van der Waals surface area contributed by atoms with Gasteiger partial charge in [0.25, 0.3) is 0 Å². The molecule has 0 aliphatic carbocycles. The van der Waals surface area contributed by atoms with Gasteiger partial charge >= 0.3 is 0 Å². The summed E-state index contributed by atoms with van der Waals surface area (Å²) in [5, 5.41) is 1.33. The van der Waals surface area contributed by atoms with Gasteiger partial charge in [-0.05, 0) is 30.2 Å². The van der Waals surface area contributed by atoms with Crippen LogP contribution in [0.5, 0.6) is 0 Å². The van der Waals surface area contributed by atoms with E-state index >= 15 is 0 Å². The van der Waals surface area contributed by atoms with Crippen molar-refractivity contribution in [1.82, 2.24) is 0 Å². The molecule has 1 aromatic carbocycles. The summed E-state index contributed by atoms with van der Waals surface area (Å²) < 4.78 is 0. The Labute approximate surface area is 127 Å². The second-order valence-electron chi connectivity index (χ2n) is 5.22. The van der Waals surface area contributed by atoms with Crippen molar-refractivity contribution in [3.63, 3.8) is 0 Å². The molecule has 0 spiro atoms. The minimum absolute atomic E-state index is 0.0480. The second-order valence-corrected chi connectivity index (χ2v) is 6.09. The second kappa shape index (κ2) is 9.63. The Kier molecular flexibility index (Phi) is 8.52. The smallest absolute Gasteiger partial charge is 0.0424 e. The zero-order valence-corrected chi connectivity index (χ0v) is 13.3. The van der Waals surface area contributed by atoms with Crippen LogP contribution in [-0.2, 0) is 0 Å². The maximum absolute atomic E-state index is 6.18. The average Bonchev–Trinajstić information content (AvgIpc) is 2.36. The molecule has 1 atom stereocenters. The lowest BCUT2D eigenvalue weighted by Gasteiger charge is -2.12. The van der Waals surface area contributed by atoms with Crippen molar-refractivity contribution in [2.24, 2.45) is 5.73 Å². The third kappa shape index (κ3) is 7.20. The molecule has 0 heterocycles. The third-order valence-electron chi connectivity index (χ3n) is 3.43. The van der Waals surface area contributed by atoms with Crippen LogP contribution in [0.25, 0.3) is 0 Å². The van der Waals surface area contributed by atoms with E-state index in [2.05, 4.69) is 6.92 Å². The lowest BCUT2D eigenvalue weighted by atomic mass is 10.0. The van der Waals surface area contributed by atoms with Crippen molar-refractivity contribution in [1.29, 1.82) is 0 Å². The summed E-state index contributed by atoms with van der Waals surface area (Å²) in [5.74, 6) is 0. The van der Waals surface area contributed by atoms with E-state index in [1.54, 1.807) is 6.07 Å². The Morgan fingerprint density at radius 2 is 1.42 bits per heavy atom. The summed E-state index contributed by atoms with van der Waals surface area (Å²) in [6, 6.07) is 5.62. The highest BCUT2D eigenvalue weighted by molar-refractivity contribution is 6.34. The van der Waals surface area contributed by atoms with E-state index in [1.807, 2.05) is 12.1 Å². The van der Waals surface area contributed by atoms with Crippen molar-refractivity contribution in [3.8, 4) is 0 Å². The maximum atomic E-state index is 6.18. The van der Waals surface area contributed by atoms with Gasteiger partial charge in [0.2, 0.25) is 0 Å². The predicted octanol–water partition coefficient (Wildman–Crippen LogP) is 6.13. The number of unbranched alkanes of at least 4 members (excludes halogenated alkanes) is 6. The molecule has 0 bridgehead atoms. The van der Waals surface area contributed by atoms with Crippen LogP contribution in [0.15, 0.2) is 18.2 Å². The molecule has 0 aliphatic heterocycles. The lowest BCUT2D eigenvalue weighted by molar-refractivity contribution is 0.541. The summed E-state index contributed by atoms with van der Waals surface area (Å²) >= 11 is 12.0. The first-order valence-electron chi connectivity index (χ1n) is 7.35. The Morgan fingerprint density at radius 3 is 2.00 bits per heavy atom. The number of benzene rings is 1. The molecule has 3 heteroatoms. The Balaban J connectivity index is 2.22. The van der Waals surface area contributed by atoms with Crippen molar-refractivity contribution in [3.05, 3.63) is 33.8 Å². The number of rotatable bonds is 9. The molecule has 0 radical (unpaired) electrons. The van der Waals surface area contributed by atoms with Crippen LogP contribution in [0.2, 0.25) is 10.0 Å². The van der Waals surface area contributed by atoms with Crippen LogP contribution in [-0.4, -0.2) is 0 Å². The summed E-state index contributed by atoms with van der Waals surface area (Å²) in [6.45, 7) is 2.25. The van der Waals surface area contributed by atoms with Crippen molar-refractivity contribution < 1.29 is 0 Å². The molecular formula is C16H25Cl2N. The van der Waals surface area contributed by atoms with Gasteiger partial charge in [0, 0.05) is 16.1 Å². The molecule has 1 nitrogen and oxygen atoms in total. The number of halogens is 2. The first kappa shape index (κ1) is 16.8. The zero-order valence-electron chi connectivity index (χ0n) is 11.8. The van der Waals surface area contributed by atoms with E-state index in [0.29, 0.717) is 10.0 Å². The zero-order chi connectivity index (χ0) is 14.1. The van der Waals surface area contributed by atoms with Crippen LogP contribution in [0, 0.1) is 0 Å². The molecule has 0 aliphatic rings. The van der Waals surface area contributed by atoms with E-state index in [0.717, 1.165) is 12.0 Å². The highest BCUT2D eigenvalue weighted by Crippen LogP contribution is 2.25. The molecule has 1 rings (SSSR count). The maximum Gasteiger partial charge on any atom is 0.0424 e. The van der Waals surface area contributed by atoms with E-state index in [-0.39, 0.29) is 6.04 Å². The highest BCUT2D eigenvalue weighted by Gasteiger charge is 2.07. The summed E-state index contributed by atoms with van der Waals surface area (Å²) in [5.41, 5.74) is 7.22. The van der Waals surface area contributed by atoms with Gasteiger partial charge in [-0.3, -0.25) is 0 Å². The van der Waals surface area contributed by atoms with Gasteiger partial charge in [-0.2, -0.15) is 0 Å². The molecule has 0 aromatic heterocycles. The van der Waals surface area contributed by atoms with Gasteiger partial charge in [-0.1, -0.05) is 75.1 Å². The summed E-state index contributed by atoms with van der Waals surface area (Å²) in [4.78, 5) is 0. The Bertz CT molecular complexity index is 346. The van der Waals surface area contributed by atoms with Gasteiger partial charge in [0.05, 0.1) is 0 Å². The Morgan fingerprint density at radius 1 is 0.895 bits per heavy atom. The summed E-state index contributed by atoms with van der Waals surface area (Å²) in [6.07, 6.45) is 10.2. The lowest BCUT2D eigenvalue weighted by Crippen LogP contribution is -2.10. The van der Waals surface area contributed by atoms with Crippen LogP contribution >= 0.6 is 23.2 Å². The molecule has 0 fully saturated rings. The minimum atomic E-state index is 0.0480. The molecule has 2 N–H and O–H groups in total. The van der Waals surface area contributed by atoms with Gasteiger partial charge in [0.1, 0.15) is 0 Å². The van der Waals surface area contributed by atoms with E-state index in [4.69, 9.17) is 28.9 Å². The fourth-order valence-corrected chi connectivity index (χ4v) is 2.82. The first-order chi connectivity index (χ1) is 9.13. The van der Waals surface area contributed by atoms with Gasteiger partial charge in [-0.15, -0.1) is 0 Å². The molecule has 1 unspecified atom stereocenters. The summed E-state index contributed by atoms with van der Waals surface area (Å²) in [7, 11) is 0. The van der Waals surface area contributed by atoms with E-state index in [1.165, 1.54) is 44.9 Å². The number of hydrogen-bond acceptors (Lipinski definition) is 1. The van der Waals surface area contributed by atoms with E-state index < -0.39 is 0 Å². The molecular weight excluding hydrogens is 277 g/mol. The molecule has 0 saturated heterocycles. The average molecular weight is 302 g/mol. The van der Waals surface area contributed by atoms with Crippen molar-refractivity contribution >= 4 is 23.2 Å². The van der Waals surface area contributed by atoms with Gasteiger partial charge in [-0.25, -0.2) is 0 Å². The molecule has 19 heavy (non-hydrogen) atoms. The number of hydrogen-bond donors (Lipinski definition) is 1. The van der Waals surface area contributed by atoms with Crippen LogP contribution in [0.3, 0.4) is 0 Å². The van der Waals surface area contributed by atoms with Crippen LogP contribution in [0.4, 0.5) is 0 Å². The van der Waals surface area contributed by atoms with Crippen molar-refractivity contribution in [2.75, 3.05) is 0 Å². The molecule has 1 aromatic rings. The van der Waals surface area contributed by atoms with Gasteiger partial charge < -0.3 is 5.73 Å². The van der Waals surface area contributed by atoms with Crippen molar-refractivity contribution in [2.45, 2.75) is 64.3 Å². The number of nitrogens with two attached hydrogens (primary N) is 1. The quantitative estimate of drug-likeness (QED) is 0.545. The monoisotopic (exact) mass is 301 g/mol. The molecule has 0 amide bonds. The van der Waals surface area contributed by atoms with Crippen LogP contribution in [0.1, 0.15) is 69.9 Å².